The minimum atomic E-state index is -0.790. The molecule has 0 amide bonds. The maximum absolute atomic E-state index is 2.45. The zero-order chi connectivity index (χ0) is 15.4. The molecule has 0 radical (unpaired) electrons. The molecule has 0 saturated carbocycles. The van der Waals surface area contributed by atoms with Crippen LogP contribution in [0.1, 0.15) is 29.6 Å². The first-order valence-electron chi connectivity index (χ1n) is 8.13. The van der Waals surface area contributed by atoms with Crippen LogP contribution in [-0.2, 0) is 22.9 Å². The number of hydrogen-bond acceptors (Lipinski definition) is 0. The molecule has 2 unspecified atom stereocenters. The second kappa shape index (κ2) is 7.74. The Balaban J connectivity index is 0.000000446. The van der Waals surface area contributed by atoms with Crippen LogP contribution in [-0.4, -0.2) is 15.4 Å². The number of benzene rings is 2. The zero-order valence-electron chi connectivity index (χ0n) is 13.3. The summed E-state index contributed by atoms with van der Waals surface area (Å²) in [6.07, 6.45) is 9.53. The molecule has 22 heavy (non-hydrogen) atoms. The molecular formula is C20H22GeHf. The summed E-state index contributed by atoms with van der Waals surface area (Å²) in [6, 6.07) is 17.8. The van der Waals surface area contributed by atoms with Crippen molar-refractivity contribution in [3.05, 3.63) is 82.9 Å². The van der Waals surface area contributed by atoms with E-state index >= 15 is 0 Å². The summed E-state index contributed by atoms with van der Waals surface area (Å²) < 4.78 is 1.52. The molecule has 0 saturated heterocycles. The van der Waals surface area contributed by atoms with Gasteiger partial charge >= 0.3 is 152 Å². The van der Waals surface area contributed by atoms with Gasteiger partial charge in [0.2, 0.25) is 0 Å². The summed E-state index contributed by atoms with van der Waals surface area (Å²) in [5.74, 6) is 4.62. The van der Waals surface area contributed by atoms with E-state index in [0.29, 0.717) is 0 Å². The van der Waals surface area contributed by atoms with Crippen LogP contribution in [0.4, 0.5) is 0 Å². The van der Waals surface area contributed by atoms with Crippen molar-refractivity contribution in [3.8, 4) is 0 Å². The van der Waals surface area contributed by atoms with Crippen molar-refractivity contribution in [2.24, 2.45) is 0 Å². The van der Waals surface area contributed by atoms with Crippen molar-refractivity contribution >= 4 is 27.6 Å². The van der Waals surface area contributed by atoms with Crippen molar-refractivity contribution in [2.75, 3.05) is 0 Å². The van der Waals surface area contributed by atoms with E-state index in [4.69, 9.17) is 0 Å². The molecule has 2 aliphatic carbocycles. The third-order valence-electron chi connectivity index (χ3n) is 3.96. The Labute approximate surface area is 151 Å². The predicted octanol–water partition coefficient (Wildman–Crippen LogP) is 4.86. The van der Waals surface area contributed by atoms with Gasteiger partial charge in [-0.05, 0) is 0 Å². The quantitative estimate of drug-likeness (QED) is 0.504. The molecule has 2 aliphatic rings. The van der Waals surface area contributed by atoms with E-state index in [1.165, 1.54) is 11.1 Å². The molecule has 0 nitrogen and oxygen atoms in total. The summed E-state index contributed by atoms with van der Waals surface area (Å²) in [6.45, 7) is 0. The summed E-state index contributed by atoms with van der Waals surface area (Å²) in [5.41, 5.74) is 6.03. The van der Waals surface area contributed by atoms with E-state index in [0.717, 1.165) is 7.35 Å². The summed E-state index contributed by atoms with van der Waals surface area (Å²) in [5, 5.41) is 0. The third kappa shape index (κ3) is 3.46. The fraction of sp³-hybridized carbons (Fsp3) is 0.200. The van der Waals surface area contributed by atoms with E-state index in [9.17, 15) is 0 Å². The number of hydrogen-bond donors (Lipinski definition) is 0. The van der Waals surface area contributed by atoms with Crippen LogP contribution >= 0.6 is 0 Å². The fourth-order valence-corrected chi connectivity index (χ4v) is 9.04. The number of fused-ring (bicyclic) bond motifs is 2. The Morgan fingerprint density at radius 2 is 1.14 bits per heavy atom. The van der Waals surface area contributed by atoms with E-state index in [-0.39, 0.29) is 15.4 Å². The molecule has 2 heteroatoms. The van der Waals surface area contributed by atoms with Crippen molar-refractivity contribution in [1.82, 2.24) is 0 Å². The number of rotatable bonds is 2. The molecule has 0 aliphatic heterocycles. The molecule has 0 heterocycles. The van der Waals surface area contributed by atoms with Gasteiger partial charge in [-0.2, -0.15) is 0 Å². The molecular weight excluding hydrogens is 491 g/mol. The first-order chi connectivity index (χ1) is 10.8. The van der Waals surface area contributed by atoms with Crippen LogP contribution in [0.25, 0.3) is 12.2 Å². The van der Waals surface area contributed by atoms with Gasteiger partial charge in [-0.15, -0.1) is 0 Å². The van der Waals surface area contributed by atoms with Crippen LogP contribution in [0.2, 0.25) is 11.5 Å². The second-order valence-corrected chi connectivity index (χ2v) is 14.4. The summed E-state index contributed by atoms with van der Waals surface area (Å²) >= 11 is -0.665. The van der Waals surface area contributed by atoms with Gasteiger partial charge in [-0.25, -0.2) is 0 Å². The van der Waals surface area contributed by atoms with Crippen LogP contribution in [0.5, 0.6) is 0 Å². The first kappa shape index (κ1) is 16.2. The average Bonchev–Trinajstić information content (AvgIpc) is 3.14. The van der Waals surface area contributed by atoms with E-state index < -0.39 is 22.9 Å². The Morgan fingerprint density at radius 3 is 1.59 bits per heavy atom. The Kier molecular flexibility index (Phi) is 5.70. The van der Waals surface area contributed by atoms with Gasteiger partial charge in [0.25, 0.3) is 0 Å². The number of allylic oxidation sites excluding steroid dienone is 2. The predicted molar refractivity (Wildman–Crippen MR) is 96.7 cm³/mol. The van der Waals surface area contributed by atoms with Crippen LogP contribution in [0.15, 0.2) is 60.7 Å². The van der Waals surface area contributed by atoms with Gasteiger partial charge in [-0.1, -0.05) is 0 Å². The Morgan fingerprint density at radius 1 is 0.727 bits per heavy atom. The van der Waals surface area contributed by atoms with Crippen molar-refractivity contribution in [1.29, 1.82) is 0 Å². The van der Waals surface area contributed by atoms with Gasteiger partial charge in [0, 0.05) is 0 Å². The molecule has 0 bridgehead atoms. The van der Waals surface area contributed by atoms with Gasteiger partial charge in [-0.3, -0.25) is 0 Å². The average molecular weight is 513 g/mol. The van der Waals surface area contributed by atoms with Gasteiger partial charge in [0.1, 0.15) is 0 Å². The standard InChI is InChI=1S/2C9H7.C2H8Ge.Hf/c2*1-2-5-9-7-3-6-8(9)4-1;1-3-2;/h2*1-7H;3H2,1-2H3;. The van der Waals surface area contributed by atoms with Crippen LogP contribution in [0.3, 0.4) is 0 Å². The molecule has 0 spiro atoms. The molecule has 4 rings (SSSR count). The van der Waals surface area contributed by atoms with Crippen molar-refractivity contribution in [3.63, 3.8) is 0 Å². The van der Waals surface area contributed by atoms with E-state index in [1.807, 2.05) is 0 Å². The molecule has 110 valence electrons. The molecule has 0 N–H and O–H groups in total. The molecule has 2 aromatic carbocycles. The molecule has 0 aromatic heterocycles. The fourth-order valence-electron chi connectivity index (χ4n) is 2.98. The van der Waals surface area contributed by atoms with Crippen molar-refractivity contribution < 1.29 is 22.9 Å². The molecule has 2 aromatic rings. The zero-order valence-corrected chi connectivity index (χ0v) is 19.8. The van der Waals surface area contributed by atoms with Crippen LogP contribution < -0.4 is 0 Å². The Bertz CT molecular complexity index is 643. The molecule has 0 fully saturated rings. The second-order valence-electron chi connectivity index (χ2n) is 5.81. The van der Waals surface area contributed by atoms with E-state index in [1.54, 1.807) is 11.1 Å². The van der Waals surface area contributed by atoms with E-state index in [2.05, 4.69) is 84.3 Å². The maximum atomic E-state index is 2.45. The monoisotopic (exact) mass is 516 g/mol. The SMILES string of the molecule is C1=C[CH]([Hf][CH]2C=Cc3ccccc32)c2ccccc21.[CH3][GeH2][CH3]. The van der Waals surface area contributed by atoms with Crippen LogP contribution in [0, 0.1) is 0 Å². The minimum absolute atomic E-state index is 0.125. The molecule has 2 atom stereocenters. The van der Waals surface area contributed by atoms with Gasteiger partial charge in [0.05, 0.1) is 0 Å². The first-order valence-corrected chi connectivity index (χ1v) is 18.2. The van der Waals surface area contributed by atoms with Crippen molar-refractivity contribution in [2.45, 2.75) is 18.9 Å². The van der Waals surface area contributed by atoms with Gasteiger partial charge < -0.3 is 0 Å². The van der Waals surface area contributed by atoms with Gasteiger partial charge in [0.15, 0.2) is 0 Å². The summed E-state index contributed by atoms with van der Waals surface area (Å²) in [7, 11) is 0. The third-order valence-corrected chi connectivity index (χ3v) is 10.2. The Hall–Kier alpha value is -0.667. The summed E-state index contributed by atoms with van der Waals surface area (Å²) in [4.78, 5) is 0. The normalized spacial score (nSPS) is 20.1. The topological polar surface area (TPSA) is 0 Å².